The molecule has 0 aromatic carbocycles. The summed E-state index contributed by atoms with van der Waals surface area (Å²) in [7, 11) is 1.53. The Morgan fingerprint density at radius 1 is 1.23 bits per heavy atom. The standard InChI is InChI=1S/C20H30O2/c1-13-7-6-11-19(3)15(13)10-12-20(4)16(19)9-8-14(2)17(20)18(21)22-5/h8,16-17H,6-7,9-12H2,1-5H3/t16-,17+,19+,20-/m1/s1. The molecule has 0 spiro atoms. The van der Waals surface area contributed by atoms with Gasteiger partial charge in [-0.2, -0.15) is 0 Å². The van der Waals surface area contributed by atoms with Crippen molar-refractivity contribution < 1.29 is 9.53 Å². The fraction of sp³-hybridized carbons (Fsp3) is 0.750. The second-order valence-electron chi connectivity index (χ2n) is 8.23. The van der Waals surface area contributed by atoms with Crippen LogP contribution in [0.15, 0.2) is 22.8 Å². The maximum absolute atomic E-state index is 12.5. The maximum atomic E-state index is 12.5. The Bertz CT molecular complexity index is 556. The van der Waals surface area contributed by atoms with Crippen LogP contribution in [0.2, 0.25) is 0 Å². The summed E-state index contributed by atoms with van der Waals surface area (Å²) in [6.45, 7) is 9.26. The first-order valence-corrected chi connectivity index (χ1v) is 8.78. The largest absolute Gasteiger partial charge is 0.469 e. The zero-order chi connectivity index (χ0) is 16.1. The fourth-order valence-corrected chi connectivity index (χ4v) is 6.08. The average molecular weight is 302 g/mol. The lowest BCUT2D eigenvalue weighted by Crippen LogP contribution is -2.53. The number of carbonyl (C=O) groups is 1. The Morgan fingerprint density at radius 3 is 2.64 bits per heavy atom. The number of fused-ring (bicyclic) bond motifs is 3. The van der Waals surface area contributed by atoms with Gasteiger partial charge in [-0.15, -0.1) is 0 Å². The van der Waals surface area contributed by atoms with E-state index in [1.54, 1.807) is 11.1 Å². The van der Waals surface area contributed by atoms with Crippen molar-refractivity contribution in [3.8, 4) is 0 Å². The minimum absolute atomic E-state index is 0.0375. The number of carbonyl (C=O) groups excluding carboxylic acids is 1. The van der Waals surface area contributed by atoms with Crippen molar-refractivity contribution in [2.75, 3.05) is 7.11 Å². The number of ether oxygens (including phenoxy) is 1. The number of hydrogen-bond donors (Lipinski definition) is 0. The number of rotatable bonds is 1. The first-order valence-electron chi connectivity index (χ1n) is 8.78. The molecule has 0 aliphatic heterocycles. The summed E-state index contributed by atoms with van der Waals surface area (Å²) < 4.78 is 5.17. The van der Waals surface area contributed by atoms with E-state index in [2.05, 4.69) is 33.8 Å². The smallest absolute Gasteiger partial charge is 0.313 e. The number of allylic oxidation sites excluding steroid dienone is 3. The topological polar surface area (TPSA) is 26.3 Å². The highest BCUT2D eigenvalue weighted by Crippen LogP contribution is 2.64. The lowest BCUT2D eigenvalue weighted by molar-refractivity contribution is -0.153. The molecule has 22 heavy (non-hydrogen) atoms. The van der Waals surface area contributed by atoms with Gasteiger partial charge in [-0.05, 0) is 69.1 Å². The molecule has 0 bridgehead atoms. The molecular weight excluding hydrogens is 272 g/mol. The van der Waals surface area contributed by atoms with Crippen LogP contribution in [0.5, 0.6) is 0 Å². The molecular formula is C20H30O2. The van der Waals surface area contributed by atoms with Crippen molar-refractivity contribution in [3.63, 3.8) is 0 Å². The van der Waals surface area contributed by atoms with Gasteiger partial charge in [-0.1, -0.05) is 36.6 Å². The molecule has 3 aliphatic rings. The third-order valence-corrected chi connectivity index (χ3v) is 7.16. The maximum Gasteiger partial charge on any atom is 0.313 e. The first kappa shape index (κ1) is 15.8. The third-order valence-electron chi connectivity index (χ3n) is 7.16. The number of hydrogen-bond acceptors (Lipinski definition) is 2. The summed E-state index contributed by atoms with van der Waals surface area (Å²) in [4.78, 5) is 12.5. The van der Waals surface area contributed by atoms with Gasteiger partial charge in [0.05, 0.1) is 13.0 Å². The molecule has 2 nitrogen and oxygen atoms in total. The molecule has 0 aromatic rings. The summed E-state index contributed by atoms with van der Waals surface area (Å²) in [6.07, 6.45) is 9.55. The highest BCUT2D eigenvalue weighted by molar-refractivity contribution is 5.77. The molecule has 122 valence electrons. The van der Waals surface area contributed by atoms with E-state index >= 15 is 0 Å². The van der Waals surface area contributed by atoms with E-state index in [-0.39, 0.29) is 22.7 Å². The summed E-state index contributed by atoms with van der Waals surface area (Å²) in [5.41, 5.74) is 4.87. The predicted molar refractivity (Wildman–Crippen MR) is 89.4 cm³/mol. The molecule has 3 aliphatic carbocycles. The Morgan fingerprint density at radius 2 is 1.95 bits per heavy atom. The monoisotopic (exact) mass is 302 g/mol. The zero-order valence-electron chi connectivity index (χ0n) is 14.8. The normalized spacial score (nSPS) is 41.4. The molecule has 3 rings (SSSR count). The van der Waals surface area contributed by atoms with E-state index < -0.39 is 0 Å². The van der Waals surface area contributed by atoms with Crippen molar-refractivity contribution in [2.45, 2.75) is 66.2 Å². The lowest BCUT2D eigenvalue weighted by atomic mass is 9.45. The van der Waals surface area contributed by atoms with Gasteiger partial charge in [0.25, 0.3) is 0 Å². The highest BCUT2D eigenvalue weighted by Gasteiger charge is 2.58. The van der Waals surface area contributed by atoms with Gasteiger partial charge in [0.1, 0.15) is 0 Å². The molecule has 0 heterocycles. The summed E-state index contributed by atoms with van der Waals surface area (Å²) in [5, 5.41) is 0. The molecule has 1 saturated carbocycles. The molecule has 0 N–H and O–H groups in total. The Labute approximate surface area is 135 Å². The minimum Gasteiger partial charge on any atom is -0.469 e. The molecule has 1 fully saturated rings. The third kappa shape index (κ3) is 2.02. The first-order chi connectivity index (χ1) is 10.3. The SMILES string of the molecule is COC(=O)[C@@H]1C(C)=CC[C@H]2[C@@]1(C)CCC1=C(C)CCC[C@@]12C. The van der Waals surface area contributed by atoms with Crippen molar-refractivity contribution in [1.82, 2.24) is 0 Å². The Balaban J connectivity index is 2.09. The summed E-state index contributed by atoms with van der Waals surface area (Å²) in [5.74, 6) is 0.466. The van der Waals surface area contributed by atoms with E-state index in [9.17, 15) is 4.79 Å². The average Bonchev–Trinajstić information content (AvgIpc) is 2.45. The molecule has 0 radical (unpaired) electrons. The fourth-order valence-electron chi connectivity index (χ4n) is 6.08. The van der Waals surface area contributed by atoms with Crippen LogP contribution in [-0.2, 0) is 9.53 Å². The number of esters is 1. The lowest BCUT2D eigenvalue weighted by Gasteiger charge is -2.59. The van der Waals surface area contributed by atoms with Gasteiger partial charge in [-0.25, -0.2) is 0 Å². The minimum atomic E-state index is -0.0585. The summed E-state index contributed by atoms with van der Waals surface area (Å²) >= 11 is 0. The summed E-state index contributed by atoms with van der Waals surface area (Å²) in [6, 6.07) is 0. The van der Waals surface area contributed by atoms with E-state index in [0.717, 1.165) is 19.3 Å². The second-order valence-corrected chi connectivity index (χ2v) is 8.23. The van der Waals surface area contributed by atoms with Crippen molar-refractivity contribution in [2.24, 2.45) is 22.7 Å². The number of methoxy groups -OCH3 is 1. The second kappa shape index (κ2) is 5.25. The molecule has 0 aromatic heterocycles. The zero-order valence-corrected chi connectivity index (χ0v) is 14.8. The molecule has 0 unspecified atom stereocenters. The van der Waals surface area contributed by atoms with Crippen LogP contribution in [0.25, 0.3) is 0 Å². The highest BCUT2D eigenvalue weighted by atomic mass is 16.5. The van der Waals surface area contributed by atoms with Crippen LogP contribution in [0.1, 0.15) is 66.2 Å². The van der Waals surface area contributed by atoms with Gasteiger partial charge in [0.15, 0.2) is 0 Å². The van der Waals surface area contributed by atoms with Crippen LogP contribution in [0.3, 0.4) is 0 Å². The van der Waals surface area contributed by atoms with E-state index in [1.807, 2.05) is 0 Å². The van der Waals surface area contributed by atoms with Gasteiger partial charge in [0, 0.05) is 0 Å². The Hall–Kier alpha value is -1.05. The quantitative estimate of drug-likeness (QED) is 0.500. The van der Waals surface area contributed by atoms with Gasteiger partial charge in [0.2, 0.25) is 0 Å². The van der Waals surface area contributed by atoms with Crippen molar-refractivity contribution in [1.29, 1.82) is 0 Å². The van der Waals surface area contributed by atoms with Crippen LogP contribution in [-0.4, -0.2) is 13.1 Å². The van der Waals surface area contributed by atoms with Crippen molar-refractivity contribution in [3.05, 3.63) is 22.8 Å². The van der Waals surface area contributed by atoms with E-state index in [4.69, 9.17) is 4.74 Å². The van der Waals surface area contributed by atoms with Crippen molar-refractivity contribution >= 4 is 5.97 Å². The molecule has 4 atom stereocenters. The Kier molecular flexibility index (Phi) is 3.78. The van der Waals surface area contributed by atoms with E-state index in [0.29, 0.717) is 5.92 Å². The van der Waals surface area contributed by atoms with Gasteiger partial charge in [-0.3, -0.25) is 4.79 Å². The van der Waals surface area contributed by atoms with Crippen LogP contribution in [0.4, 0.5) is 0 Å². The molecule has 0 amide bonds. The predicted octanol–water partition coefficient (Wildman–Crippen LogP) is 5.05. The van der Waals surface area contributed by atoms with Gasteiger partial charge < -0.3 is 4.74 Å². The van der Waals surface area contributed by atoms with Crippen LogP contribution >= 0.6 is 0 Å². The van der Waals surface area contributed by atoms with Gasteiger partial charge >= 0.3 is 5.97 Å². The molecule has 2 heteroatoms. The van der Waals surface area contributed by atoms with Crippen LogP contribution in [0, 0.1) is 22.7 Å². The molecule has 0 saturated heterocycles. The van der Waals surface area contributed by atoms with E-state index in [1.165, 1.54) is 31.9 Å². The van der Waals surface area contributed by atoms with Crippen LogP contribution < -0.4 is 0 Å².